The maximum atomic E-state index is 13.4. The van der Waals surface area contributed by atoms with Crippen LogP contribution in [0.4, 0.5) is 18.9 Å². The molecule has 2 rings (SSSR count). The van der Waals surface area contributed by atoms with E-state index in [1.807, 2.05) is 0 Å². The molecule has 0 amide bonds. The lowest BCUT2D eigenvalue weighted by Crippen LogP contribution is -2.22. The van der Waals surface area contributed by atoms with E-state index in [2.05, 4.69) is 4.98 Å². The quantitative estimate of drug-likeness (QED) is 0.904. The van der Waals surface area contributed by atoms with Crippen LogP contribution in [0.15, 0.2) is 40.3 Å². The van der Waals surface area contributed by atoms with Crippen LogP contribution in [-0.2, 0) is 10.0 Å². The number of hydrogen-bond donors (Lipinski definition) is 2. The van der Waals surface area contributed by atoms with Crippen LogP contribution in [-0.4, -0.2) is 13.4 Å². The highest BCUT2D eigenvalue weighted by Crippen LogP contribution is 2.22. The summed E-state index contributed by atoms with van der Waals surface area (Å²) in [6.45, 7) is 0. The Bertz CT molecular complexity index is 795. The summed E-state index contributed by atoms with van der Waals surface area (Å²) in [7, 11) is -4.50. The Kier molecular flexibility index (Phi) is 3.53. The normalized spacial score (nSPS) is 11.3. The minimum absolute atomic E-state index is 0.316. The van der Waals surface area contributed by atoms with Gasteiger partial charge >= 0.3 is 0 Å². The number of pyridine rings is 1. The van der Waals surface area contributed by atoms with Gasteiger partial charge in [-0.15, -0.1) is 0 Å². The van der Waals surface area contributed by atoms with E-state index in [1.165, 1.54) is 6.20 Å². The maximum absolute atomic E-state index is 13.4. The second-order valence-corrected chi connectivity index (χ2v) is 5.37. The Labute approximate surface area is 111 Å². The van der Waals surface area contributed by atoms with Gasteiger partial charge < -0.3 is 4.98 Å². The summed E-state index contributed by atoms with van der Waals surface area (Å²) < 4.78 is 64.7. The lowest BCUT2D eigenvalue weighted by molar-refractivity contribution is 0.547. The number of sulfonamides is 1. The Hall–Kier alpha value is -2.29. The summed E-state index contributed by atoms with van der Waals surface area (Å²) in [5.74, 6) is -4.06. The molecular weight excluding hydrogens is 297 g/mol. The largest absolute Gasteiger partial charge is 0.366 e. The van der Waals surface area contributed by atoms with E-state index < -0.39 is 43.5 Å². The van der Waals surface area contributed by atoms with Crippen molar-refractivity contribution < 1.29 is 21.6 Å². The van der Waals surface area contributed by atoms with Crippen LogP contribution in [0.2, 0.25) is 0 Å². The van der Waals surface area contributed by atoms with Crippen LogP contribution in [0.25, 0.3) is 0 Å². The second kappa shape index (κ2) is 5.00. The van der Waals surface area contributed by atoms with Crippen molar-refractivity contribution in [3.8, 4) is 0 Å². The SMILES string of the molecule is O=c1cc[nH]cc1S(=O)(=O)Nc1c(F)cc(F)cc1F. The fourth-order valence-electron chi connectivity index (χ4n) is 1.44. The highest BCUT2D eigenvalue weighted by molar-refractivity contribution is 7.92. The van der Waals surface area contributed by atoms with Crippen molar-refractivity contribution in [1.29, 1.82) is 0 Å². The summed E-state index contributed by atoms with van der Waals surface area (Å²) in [4.78, 5) is 13.0. The third kappa shape index (κ3) is 2.67. The predicted molar refractivity (Wildman–Crippen MR) is 64.2 cm³/mol. The molecule has 0 fully saturated rings. The molecule has 0 spiro atoms. The molecule has 0 atom stereocenters. The zero-order valence-electron chi connectivity index (χ0n) is 9.65. The van der Waals surface area contributed by atoms with Crippen LogP contribution in [0.5, 0.6) is 0 Å². The van der Waals surface area contributed by atoms with Crippen molar-refractivity contribution in [2.24, 2.45) is 0 Å². The summed E-state index contributed by atoms with van der Waals surface area (Å²) >= 11 is 0. The van der Waals surface area contributed by atoms with Crippen molar-refractivity contribution in [2.75, 3.05) is 4.72 Å². The maximum Gasteiger partial charge on any atom is 0.267 e. The van der Waals surface area contributed by atoms with Crippen molar-refractivity contribution in [3.05, 3.63) is 58.3 Å². The lowest BCUT2D eigenvalue weighted by atomic mass is 10.3. The first kappa shape index (κ1) is 14.1. The van der Waals surface area contributed by atoms with E-state index in [-0.39, 0.29) is 0 Å². The highest BCUT2D eigenvalue weighted by atomic mass is 32.2. The van der Waals surface area contributed by atoms with Crippen molar-refractivity contribution >= 4 is 15.7 Å². The van der Waals surface area contributed by atoms with E-state index in [0.717, 1.165) is 12.3 Å². The first-order valence-corrected chi connectivity index (χ1v) is 6.64. The molecule has 0 aliphatic heterocycles. The molecule has 106 valence electrons. The van der Waals surface area contributed by atoms with Gasteiger partial charge in [-0.3, -0.25) is 9.52 Å². The molecule has 1 heterocycles. The van der Waals surface area contributed by atoms with Gasteiger partial charge in [0.1, 0.15) is 11.5 Å². The van der Waals surface area contributed by atoms with E-state index >= 15 is 0 Å². The molecule has 0 aliphatic carbocycles. The van der Waals surface area contributed by atoms with Crippen molar-refractivity contribution in [3.63, 3.8) is 0 Å². The Balaban J connectivity index is 2.50. The average molecular weight is 304 g/mol. The van der Waals surface area contributed by atoms with Gasteiger partial charge in [0.2, 0.25) is 5.43 Å². The van der Waals surface area contributed by atoms with Gasteiger partial charge in [-0.25, -0.2) is 21.6 Å². The zero-order valence-corrected chi connectivity index (χ0v) is 10.5. The smallest absolute Gasteiger partial charge is 0.267 e. The van der Waals surface area contributed by atoms with Gasteiger partial charge in [0.25, 0.3) is 10.0 Å². The summed E-state index contributed by atoms with van der Waals surface area (Å²) in [6.07, 6.45) is 2.06. The van der Waals surface area contributed by atoms with E-state index in [1.54, 1.807) is 4.72 Å². The summed E-state index contributed by atoms with van der Waals surface area (Å²) in [5, 5.41) is 0. The first-order valence-electron chi connectivity index (χ1n) is 5.16. The van der Waals surface area contributed by atoms with Gasteiger partial charge in [-0.2, -0.15) is 0 Å². The Morgan fingerprint density at radius 2 is 1.70 bits per heavy atom. The van der Waals surface area contributed by atoms with Gasteiger partial charge in [0.05, 0.1) is 0 Å². The number of benzene rings is 1. The molecule has 1 aromatic carbocycles. The number of aromatic nitrogens is 1. The third-order valence-corrected chi connectivity index (χ3v) is 3.69. The standard InChI is InChI=1S/C11H7F3N2O3S/c12-6-3-7(13)11(8(14)4-6)16-20(18,19)10-5-15-2-1-9(10)17/h1-5,16H,(H,15,17). The van der Waals surface area contributed by atoms with Crippen molar-refractivity contribution in [1.82, 2.24) is 4.98 Å². The van der Waals surface area contributed by atoms with Crippen LogP contribution in [0, 0.1) is 17.5 Å². The average Bonchev–Trinajstić information content (AvgIpc) is 2.34. The Morgan fingerprint density at radius 3 is 2.25 bits per heavy atom. The Morgan fingerprint density at radius 1 is 1.10 bits per heavy atom. The van der Waals surface area contributed by atoms with E-state index in [4.69, 9.17) is 0 Å². The monoisotopic (exact) mass is 304 g/mol. The zero-order chi connectivity index (χ0) is 14.9. The first-order chi connectivity index (χ1) is 9.31. The molecule has 0 aliphatic rings. The molecule has 2 N–H and O–H groups in total. The molecule has 0 saturated heterocycles. The predicted octanol–water partition coefficient (Wildman–Crippen LogP) is 1.59. The van der Waals surface area contributed by atoms with E-state index in [9.17, 15) is 26.4 Å². The second-order valence-electron chi connectivity index (χ2n) is 3.72. The summed E-state index contributed by atoms with van der Waals surface area (Å²) in [5.41, 5.74) is -1.92. The van der Waals surface area contributed by atoms with E-state index in [0.29, 0.717) is 12.1 Å². The van der Waals surface area contributed by atoms with Crippen LogP contribution in [0.1, 0.15) is 0 Å². The topological polar surface area (TPSA) is 79.0 Å². The number of hydrogen-bond acceptors (Lipinski definition) is 3. The van der Waals surface area contributed by atoms with Crippen LogP contribution >= 0.6 is 0 Å². The van der Waals surface area contributed by atoms with Gasteiger partial charge in [-0.05, 0) is 0 Å². The minimum atomic E-state index is -4.50. The molecule has 0 unspecified atom stereocenters. The fourth-order valence-corrected chi connectivity index (χ4v) is 2.57. The van der Waals surface area contributed by atoms with Gasteiger partial charge in [-0.1, -0.05) is 0 Å². The number of anilines is 1. The molecule has 0 bridgehead atoms. The number of nitrogens with one attached hydrogen (secondary N) is 2. The van der Waals surface area contributed by atoms with Crippen LogP contribution < -0.4 is 10.2 Å². The van der Waals surface area contributed by atoms with Crippen LogP contribution in [0.3, 0.4) is 0 Å². The number of H-pyrrole nitrogens is 1. The molecule has 0 saturated carbocycles. The third-order valence-electron chi connectivity index (χ3n) is 2.32. The molecule has 5 nitrogen and oxygen atoms in total. The van der Waals surface area contributed by atoms with Gasteiger partial charge in [0.15, 0.2) is 16.5 Å². The number of aromatic amines is 1. The molecule has 0 radical (unpaired) electrons. The molecule has 1 aromatic heterocycles. The number of rotatable bonds is 3. The summed E-state index contributed by atoms with van der Waals surface area (Å²) in [6, 6.07) is 1.57. The molecule has 9 heteroatoms. The molecule has 2 aromatic rings. The lowest BCUT2D eigenvalue weighted by Gasteiger charge is -2.09. The minimum Gasteiger partial charge on any atom is -0.366 e. The fraction of sp³-hybridized carbons (Fsp3) is 0. The van der Waals surface area contributed by atoms with Gasteiger partial charge in [0, 0.05) is 30.6 Å². The highest BCUT2D eigenvalue weighted by Gasteiger charge is 2.22. The number of halogens is 3. The molecular formula is C11H7F3N2O3S. The molecule has 20 heavy (non-hydrogen) atoms. The van der Waals surface area contributed by atoms with Crippen molar-refractivity contribution in [2.45, 2.75) is 4.90 Å².